The SMILES string of the molecule is Cc1cc(=O)oc2cc(NS(=O)(=O)c3ccc(F)cc3F)ccc12. The molecule has 0 amide bonds. The van der Waals surface area contributed by atoms with E-state index in [1.807, 2.05) is 0 Å². The first-order chi connectivity index (χ1) is 11.3. The zero-order valence-electron chi connectivity index (χ0n) is 12.3. The molecular formula is C16H11F2NO4S. The zero-order valence-corrected chi connectivity index (χ0v) is 13.2. The molecule has 0 fully saturated rings. The Balaban J connectivity index is 2.04. The van der Waals surface area contributed by atoms with Gasteiger partial charge in [0, 0.05) is 23.6 Å². The highest BCUT2D eigenvalue weighted by Crippen LogP contribution is 2.24. The molecule has 2 aromatic carbocycles. The molecule has 1 N–H and O–H groups in total. The highest BCUT2D eigenvalue weighted by atomic mass is 32.2. The van der Waals surface area contributed by atoms with Crippen LogP contribution in [0.15, 0.2) is 56.6 Å². The number of fused-ring (bicyclic) bond motifs is 1. The molecular weight excluding hydrogens is 340 g/mol. The maximum absolute atomic E-state index is 13.7. The van der Waals surface area contributed by atoms with Crippen LogP contribution in [0.25, 0.3) is 11.0 Å². The summed E-state index contributed by atoms with van der Waals surface area (Å²) in [6, 6.07) is 7.83. The van der Waals surface area contributed by atoms with E-state index < -0.39 is 32.2 Å². The van der Waals surface area contributed by atoms with E-state index in [4.69, 9.17) is 4.42 Å². The van der Waals surface area contributed by atoms with Gasteiger partial charge in [0.1, 0.15) is 22.1 Å². The van der Waals surface area contributed by atoms with Crippen LogP contribution < -0.4 is 10.3 Å². The lowest BCUT2D eigenvalue weighted by molar-refractivity contribution is 0.551. The summed E-state index contributed by atoms with van der Waals surface area (Å²) in [4.78, 5) is 10.7. The van der Waals surface area contributed by atoms with Crippen LogP contribution in [0.2, 0.25) is 0 Å². The van der Waals surface area contributed by atoms with E-state index in [-0.39, 0.29) is 11.3 Å². The van der Waals surface area contributed by atoms with Gasteiger partial charge in [-0.2, -0.15) is 0 Å². The molecule has 0 saturated heterocycles. The Morgan fingerprint density at radius 2 is 1.79 bits per heavy atom. The third-order valence-corrected chi connectivity index (χ3v) is 4.80. The number of hydrogen-bond acceptors (Lipinski definition) is 4. The highest BCUT2D eigenvalue weighted by Gasteiger charge is 2.20. The summed E-state index contributed by atoms with van der Waals surface area (Å²) in [5.74, 6) is -2.08. The maximum Gasteiger partial charge on any atom is 0.336 e. The first-order valence-corrected chi connectivity index (χ1v) is 8.27. The van der Waals surface area contributed by atoms with E-state index in [0.29, 0.717) is 17.0 Å². The Hall–Kier alpha value is -2.74. The minimum atomic E-state index is -4.26. The molecule has 3 aromatic rings. The number of aryl methyl sites for hydroxylation is 1. The van der Waals surface area contributed by atoms with Gasteiger partial charge in [0.05, 0.1) is 5.69 Å². The Kier molecular flexibility index (Phi) is 3.84. The molecule has 0 aliphatic rings. The number of halogens is 2. The van der Waals surface area contributed by atoms with E-state index in [1.165, 1.54) is 18.2 Å². The van der Waals surface area contributed by atoms with E-state index in [2.05, 4.69) is 4.72 Å². The second-order valence-corrected chi connectivity index (χ2v) is 6.79. The first-order valence-electron chi connectivity index (χ1n) is 6.79. The molecule has 0 spiro atoms. The third kappa shape index (κ3) is 3.00. The second kappa shape index (κ2) is 5.72. The Morgan fingerprint density at radius 1 is 1.04 bits per heavy atom. The molecule has 0 unspecified atom stereocenters. The zero-order chi connectivity index (χ0) is 17.5. The maximum atomic E-state index is 13.7. The van der Waals surface area contributed by atoms with Gasteiger partial charge in [-0.15, -0.1) is 0 Å². The molecule has 1 aromatic heterocycles. The molecule has 5 nitrogen and oxygen atoms in total. The van der Waals surface area contributed by atoms with Crippen LogP contribution in [0.4, 0.5) is 14.5 Å². The summed E-state index contributed by atoms with van der Waals surface area (Å²) in [7, 11) is -4.26. The number of nitrogens with one attached hydrogen (secondary N) is 1. The highest BCUT2D eigenvalue weighted by molar-refractivity contribution is 7.92. The lowest BCUT2D eigenvalue weighted by Crippen LogP contribution is -2.14. The molecule has 0 bridgehead atoms. The minimum absolute atomic E-state index is 0.0833. The first kappa shape index (κ1) is 16.1. The normalized spacial score (nSPS) is 11.6. The lowest BCUT2D eigenvalue weighted by atomic mass is 10.1. The van der Waals surface area contributed by atoms with Gasteiger partial charge >= 0.3 is 5.63 Å². The molecule has 0 aliphatic carbocycles. The fraction of sp³-hybridized carbons (Fsp3) is 0.0625. The number of anilines is 1. The summed E-state index contributed by atoms with van der Waals surface area (Å²) < 4.78 is 58.3. The van der Waals surface area contributed by atoms with Crippen LogP contribution in [-0.4, -0.2) is 8.42 Å². The fourth-order valence-corrected chi connectivity index (χ4v) is 3.40. The summed E-state index contributed by atoms with van der Waals surface area (Å²) in [6.07, 6.45) is 0. The molecule has 3 rings (SSSR count). The van der Waals surface area contributed by atoms with Crippen LogP contribution in [0.3, 0.4) is 0 Å². The summed E-state index contributed by atoms with van der Waals surface area (Å²) in [5, 5.41) is 0.644. The summed E-state index contributed by atoms with van der Waals surface area (Å²) in [6.45, 7) is 1.72. The molecule has 0 atom stereocenters. The van der Waals surface area contributed by atoms with Crippen LogP contribution >= 0.6 is 0 Å². The van der Waals surface area contributed by atoms with E-state index >= 15 is 0 Å². The van der Waals surface area contributed by atoms with Crippen molar-refractivity contribution < 1.29 is 21.6 Å². The number of sulfonamides is 1. The van der Waals surface area contributed by atoms with Crippen LogP contribution in [0.1, 0.15) is 5.56 Å². The Morgan fingerprint density at radius 3 is 2.50 bits per heavy atom. The summed E-state index contributed by atoms with van der Waals surface area (Å²) in [5.41, 5.74) is 0.393. The number of benzene rings is 2. The van der Waals surface area contributed by atoms with Crippen molar-refractivity contribution >= 4 is 26.7 Å². The largest absolute Gasteiger partial charge is 0.423 e. The van der Waals surface area contributed by atoms with Gasteiger partial charge < -0.3 is 4.42 Å². The van der Waals surface area contributed by atoms with Crippen molar-refractivity contribution in [2.24, 2.45) is 0 Å². The van der Waals surface area contributed by atoms with Gasteiger partial charge in [-0.05, 0) is 36.8 Å². The van der Waals surface area contributed by atoms with Crippen LogP contribution in [0, 0.1) is 18.6 Å². The Bertz CT molecular complexity index is 1110. The van der Waals surface area contributed by atoms with Gasteiger partial charge in [-0.25, -0.2) is 22.0 Å². The molecule has 8 heteroatoms. The van der Waals surface area contributed by atoms with Crippen molar-refractivity contribution in [2.45, 2.75) is 11.8 Å². The molecule has 0 saturated carbocycles. The Labute approximate surface area is 135 Å². The molecule has 24 heavy (non-hydrogen) atoms. The van der Waals surface area contributed by atoms with Gasteiger partial charge in [0.15, 0.2) is 0 Å². The monoisotopic (exact) mass is 351 g/mol. The van der Waals surface area contributed by atoms with Gasteiger partial charge in [0.25, 0.3) is 10.0 Å². The molecule has 0 aliphatic heterocycles. The van der Waals surface area contributed by atoms with Crippen molar-refractivity contribution in [3.63, 3.8) is 0 Å². The lowest BCUT2D eigenvalue weighted by Gasteiger charge is -2.10. The topological polar surface area (TPSA) is 76.4 Å². The second-order valence-electron chi connectivity index (χ2n) is 5.14. The standard InChI is InChI=1S/C16H11F2NO4S/c1-9-6-16(20)23-14-8-11(3-4-12(9)14)19-24(21,22)15-5-2-10(17)7-13(15)18/h2-8,19H,1H3. The quantitative estimate of drug-likeness (QED) is 0.735. The van der Waals surface area contributed by atoms with Gasteiger partial charge in [0.2, 0.25) is 0 Å². The van der Waals surface area contributed by atoms with Crippen LogP contribution in [0.5, 0.6) is 0 Å². The molecule has 124 valence electrons. The van der Waals surface area contributed by atoms with Crippen molar-refractivity contribution in [3.05, 3.63) is 70.1 Å². The van der Waals surface area contributed by atoms with Gasteiger partial charge in [-0.3, -0.25) is 4.72 Å². The van der Waals surface area contributed by atoms with E-state index in [1.54, 1.807) is 13.0 Å². The van der Waals surface area contributed by atoms with Gasteiger partial charge in [-0.1, -0.05) is 0 Å². The van der Waals surface area contributed by atoms with Crippen LogP contribution in [-0.2, 0) is 10.0 Å². The minimum Gasteiger partial charge on any atom is -0.423 e. The number of rotatable bonds is 3. The van der Waals surface area contributed by atoms with E-state index in [9.17, 15) is 22.0 Å². The predicted molar refractivity (Wildman–Crippen MR) is 84.4 cm³/mol. The molecule has 1 heterocycles. The van der Waals surface area contributed by atoms with Crippen molar-refractivity contribution in [2.75, 3.05) is 4.72 Å². The van der Waals surface area contributed by atoms with Crippen molar-refractivity contribution in [1.82, 2.24) is 0 Å². The number of hydrogen-bond donors (Lipinski definition) is 1. The van der Waals surface area contributed by atoms with Crippen molar-refractivity contribution in [3.8, 4) is 0 Å². The smallest absolute Gasteiger partial charge is 0.336 e. The average molecular weight is 351 g/mol. The third-order valence-electron chi connectivity index (χ3n) is 3.39. The van der Waals surface area contributed by atoms with E-state index in [0.717, 1.165) is 12.1 Å². The molecule has 0 radical (unpaired) electrons. The average Bonchev–Trinajstić information content (AvgIpc) is 2.45. The fourth-order valence-electron chi connectivity index (χ4n) is 2.29. The summed E-state index contributed by atoms with van der Waals surface area (Å²) >= 11 is 0. The predicted octanol–water partition coefficient (Wildman–Crippen LogP) is 3.18. The van der Waals surface area contributed by atoms with Crippen molar-refractivity contribution in [1.29, 1.82) is 0 Å².